The first-order valence-electron chi connectivity index (χ1n) is 6.73. The molecule has 0 heterocycles. The smallest absolute Gasteiger partial charge is 0.0110 e. The van der Waals surface area contributed by atoms with Crippen molar-refractivity contribution in [2.45, 2.75) is 53.4 Å². The molecular formula is C15H24. The van der Waals surface area contributed by atoms with Crippen molar-refractivity contribution in [2.75, 3.05) is 0 Å². The maximum atomic E-state index is 2.49. The van der Waals surface area contributed by atoms with Crippen LogP contribution in [0.2, 0.25) is 0 Å². The predicted octanol–water partition coefficient (Wildman–Crippen LogP) is 4.42. The van der Waals surface area contributed by atoms with Crippen LogP contribution in [-0.2, 0) is 0 Å². The Bertz CT molecular complexity index is 321. The van der Waals surface area contributed by atoms with Crippen molar-refractivity contribution < 1.29 is 0 Å². The van der Waals surface area contributed by atoms with Crippen molar-refractivity contribution in [1.29, 1.82) is 0 Å². The van der Waals surface area contributed by atoms with Crippen molar-refractivity contribution in [1.82, 2.24) is 0 Å². The van der Waals surface area contributed by atoms with Crippen LogP contribution in [0.3, 0.4) is 0 Å². The van der Waals surface area contributed by atoms with Crippen LogP contribution in [0, 0.1) is 29.1 Å². The molecule has 2 saturated carbocycles. The normalized spacial score (nSPS) is 47.2. The lowest BCUT2D eigenvalue weighted by atomic mass is 9.82. The second-order valence-corrected chi connectivity index (χ2v) is 6.84. The highest BCUT2D eigenvalue weighted by atomic mass is 14.7. The third-order valence-corrected chi connectivity index (χ3v) is 5.73. The van der Waals surface area contributed by atoms with Gasteiger partial charge in [-0.15, -0.1) is 0 Å². The van der Waals surface area contributed by atoms with Crippen molar-refractivity contribution >= 4 is 0 Å². The Hall–Kier alpha value is -0.260. The van der Waals surface area contributed by atoms with Crippen molar-refractivity contribution in [3.63, 3.8) is 0 Å². The predicted molar refractivity (Wildman–Crippen MR) is 64.6 cm³/mol. The van der Waals surface area contributed by atoms with Crippen LogP contribution >= 0.6 is 0 Å². The molecule has 0 aromatic rings. The third kappa shape index (κ3) is 1.20. The molecule has 0 aliphatic heterocycles. The standard InChI is InChI=1S/C15H24/c1-9-6-8-12-14(15(12,3)4)13-10(2)5-7-11(9)13/h9,11-12,14H,5-8H2,1-4H3/t9-,11+,12-,14-/m1/s1. The minimum absolute atomic E-state index is 0.638. The molecule has 3 aliphatic carbocycles. The molecular weight excluding hydrogens is 180 g/mol. The summed E-state index contributed by atoms with van der Waals surface area (Å²) in [6, 6.07) is 0. The van der Waals surface area contributed by atoms with Crippen molar-refractivity contribution in [2.24, 2.45) is 29.1 Å². The van der Waals surface area contributed by atoms with E-state index in [1.54, 1.807) is 5.57 Å². The third-order valence-electron chi connectivity index (χ3n) is 5.73. The van der Waals surface area contributed by atoms with Crippen LogP contribution in [0.1, 0.15) is 53.4 Å². The largest absolute Gasteiger partial charge is 0.0735 e. The Morgan fingerprint density at radius 1 is 1.13 bits per heavy atom. The topological polar surface area (TPSA) is 0 Å². The lowest BCUT2D eigenvalue weighted by Gasteiger charge is -2.23. The molecule has 84 valence electrons. The summed E-state index contributed by atoms with van der Waals surface area (Å²) in [4.78, 5) is 0. The molecule has 2 fully saturated rings. The van der Waals surface area contributed by atoms with E-state index in [0.29, 0.717) is 5.41 Å². The summed E-state index contributed by atoms with van der Waals surface area (Å²) < 4.78 is 0. The molecule has 0 aromatic carbocycles. The monoisotopic (exact) mass is 204 g/mol. The molecule has 0 amide bonds. The minimum Gasteiger partial charge on any atom is -0.0735 e. The summed E-state index contributed by atoms with van der Waals surface area (Å²) in [6.45, 7) is 9.88. The van der Waals surface area contributed by atoms with Crippen LogP contribution in [0.25, 0.3) is 0 Å². The fourth-order valence-electron chi connectivity index (χ4n) is 4.62. The van der Waals surface area contributed by atoms with E-state index in [4.69, 9.17) is 0 Å². The Morgan fingerprint density at radius 2 is 1.87 bits per heavy atom. The lowest BCUT2D eigenvalue weighted by molar-refractivity contribution is 0.351. The lowest BCUT2D eigenvalue weighted by Crippen LogP contribution is -2.13. The Balaban J connectivity index is 2.00. The highest BCUT2D eigenvalue weighted by Gasteiger charge is 2.61. The molecule has 3 rings (SSSR count). The zero-order chi connectivity index (χ0) is 10.8. The van der Waals surface area contributed by atoms with E-state index >= 15 is 0 Å². The van der Waals surface area contributed by atoms with Gasteiger partial charge in [0.1, 0.15) is 0 Å². The van der Waals surface area contributed by atoms with Gasteiger partial charge in [0.2, 0.25) is 0 Å². The first-order valence-corrected chi connectivity index (χ1v) is 6.73. The molecule has 0 spiro atoms. The van der Waals surface area contributed by atoms with Gasteiger partial charge in [-0.1, -0.05) is 31.9 Å². The average molecular weight is 204 g/mol. The first-order chi connectivity index (χ1) is 7.03. The van der Waals surface area contributed by atoms with Gasteiger partial charge in [-0.3, -0.25) is 0 Å². The zero-order valence-corrected chi connectivity index (χ0v) is 10.6. The molecule has 0 unspecified atom stereocenters. The van der Waals surface area contributed by atoms with E-state index in [1.807, 2.05) is 5.57 Å². The Kier molecular flexibility index (Phi) is 1.92. The van der Waals surface area contributed by atoms with Gasteiger partial charge in [-0.25, -0.2) is 0 Å². The minimum atomic E-state index is 0.638. The summed E-state index contributed by atoms with van der Waals surface area (Å²) in [5, 5.41) is 0. The molecule has 4 atom stereocenters. The maximum absolute atomic E-state index is 2.49. The summed E-state index contributed by atoms with van der Waals surface area (Å²) in [6.07, 6.45) is 5.82. The first kappa shape index (κ1) is 9.93. The molecule has 15 heavy (non-hydrogen) atoms. The van der Waals surface area contributed by atoms with Crippen LogP contribution in [-0.4, -0.2) is 0 Å². The molecule has 0 radical (unpaired) electrons. The van der Waals surface area contributed by atoms with Gasteiger partial charge in [0.05, 0.1) is 0 Å². The molecule has 0 heteroatoms. The van der Waals surface area contributed by atoms with Crippen LogP contribution in [0.15, 0.2) is 11.1 Å². The van der Waals surface area contributed by atoms with Gasteiger partial charge in [0, 0.05) is 0 Å². The number of hydrogen-bond donors (Lipinski definition) is 0. The highest BCUT2D eigenvalue weighted by Crippen LogP contribution is 2.69. The second-order valence-electron chi connectivity index (χ2n) is 6.84. The van der Waals surface area contributed by atoms with Gasteiger partial charge >= 0.3 is 0 Å². The van der Waals surface area contributed by atoms with E-state index in [9.17, 15) is 0 Å². The number of fused-ring (bicyclic) bond motifs is 3. The highest BCUT2D eigenvalue weighted by molar-refractivity contribution is 5.34. The number of allylic oxidation sites excluding steroid dienone is 2. The van der Waals surface area contributed by atoms with Crippen LogP contribution in [0.5, 0.6) is 0 Å². The van der Waals surface area contributed by atoms with E-state index in [2.05, 4.69) is 27.7 Å². The summed E-state index contributed by atoms with van der Waals surface area (Å²) in [5.41, 5.74) is 4.31. The molecule has 3 aliphatic rings. The molecule has 0 bridgehead atoms. The average Bonchev–Trinajstić information content (AvgIpc) is 2.55. The number of rotatable bonds is 0. The van der Waals surface area contributed by atoms with Gasteiger partial charge < -0.3 is 0 Å². The van der Waals surface area contributed by atoms with E-state index in [1.165, 1.54) is 25.7 Å². The Morgan fingerprint density at radius 3 is 2.60 bits per heavy atom. The summed E-state index contributed by atoms with van der Waals surface area (Å²) >= 11 is 0. The molecule has 0 nitrogen and oxygen atoms in total. The quantitative estimate of drug-likeness (QED) is 0.513. The van der Waals surface area contributed by atoms with Gasteiger partial charge in [-0.05, 0) is 61.7 Å². The zero-order valence-electron chi connectivity index (χ0n) is 10.6. The summed E-state index contributed by atoms with van der Waals surface area (Å²) in [5.74, 6) is 3.91. The SMILES string of the molecule is CC1=C2[C@@H](CC1)[C@H](C)CC[C@@H]1[C@H]2C1(C)C. The second kappa shape index (κ2) is 2.90. The molecule has 0 saturated heterocycles. The van der Waals surface area contributed by atoms with E-state index in [0.717, 1.165) is 23.7 Å². The Labute approximate surface area is 94.1 Å². The van der Waals surface area contributed by atoms with Gasteiger partial charge in [0.25, 0.3) is 0 Å². The van der Waals surface area contributed by atoms with E-state index < -0.39 is 0 Å². The fourth-order valence-corrected chi connectivity index (χ4v) is 4.62. The summed E-state index contributed by atoms with van der Waals surface area (Å²) in [7, 11) is 0. The van der Waals surface area contributed by atoms with Crippen LogP contribution < -0.4 is 0 Å². The van der Waals surface area contributed by atoms with Gasteiger partial charge in [-0.2, -0.15) is 0 Å². The molecule has 0 aromatic heterocycles. The van der Waals surface area contributed by atoms with Crippen molar-refractivity contribution in [3.8, 4) is 0 Å². The molecule has 0 N–H and O–H groups in total. The van der Waals surface area contributed by atoms with Crippen molar-refractivity contribution in [3.05, 3.63) is 11.1 Å². The van der Waals surface area contributed by atoms with Gasteiger partial charge in [0.15, 0.2) is 0 Å². The fraction of sp³-hybridized carbons (Fsp3) is 0.867. The van der Waals surface area contributed by atoms with E-state index in [-0.39, 0.29) is 0 Å². The van der Waals surface area contributed by atoms with Crippen LogP contribution in [0.4, 0.5) is 0 Å². The number of hydrogen-bond acceptors (Lipinski definition) is 0. The maximum Gasteiger partial charge on any atom is -0.0110 e.